The van der Waals surface area contributed by atoms with E-state index >= 15 is 0 Å². The molecule has 2 N–H and O–H groups in total. The first-order valence-corrected chi connectivity index (χ1v) is 4.55. The molecule has 1 heterocycles. The lowest BCUT2D eigenvalue weighted by atomic mass is 10.2. The van der Waals surface area contributed by atoms with Crippen LogP contribution < -0.4 is 0 Å². The minimum absolute atomic E-state index is 0.0120. The third kappa shape index (κ3) is 1.28. The average Bonchev–Trinajstić information content (AvgIpc) is 2.44. The van der Waals surface area contributed by atoms with E-state index in [1.54, 1.807) is 6.07 Å². The highest BCUT2D eigenvalue weighted by molar-refractivity contribution is 7.19. The number of aromatic hydroxyl groups is 1. The molecule has 68 valence electrons. The van der Waals surface area contributed by atoms with Gasteiger partial charge in [-0.1, -0.05) is 0 Å². The molecular formula is C9H7FO2S. The van der Waals surface area contributed by atoms with E-state index in [0.717, 1.165) is 4.70 Å². The van der Waals surface area contributed by atoms with Crippen molar-refractivity contribution in [3.63, 3.8) is 0 Å². The van der Waals surface area contributed by atoms with E-state index in [2.05, 4.69) is 0 Å². The van der Waals surface area contributed by atoms with Gasteiger partial charge in [-0.3, -0.25) is 0 Å². The Morgan fingerprint density at radius 1 is 1.38 bits per heavy atom. The standard InChI is InChI=1S/C9H7FO2S/c10-5-1-2-7-6(3-5)9(12)8(4-11)13-7/h1-3,11-12H,4H2. The highest BCUT2D eigenvalue weighted by atomic mass is 32.1. The highest BCUT2D eigenvalue weighted by Crippen LogP contribution is 2.36. The largest absolute Gasteiger partial charge is 0.506 e. The van der Waals surface area contributed by atoms with Crippen LogP contribution in [0.4, 0.5) is 4.39 Å². The number of rotatable bonds is 1. The van der Waals surface area contributed by atoms with Gasteiger partial charge in [-0.05, 0) is 18.2 Å². The van der Waals surface area contributed by atoms with Crippen molar-refractivity contribution in [2.75, 3.05) is 0 Å². The van der Waals surface area contributed by atoms with Gasteiger partial charge in [-0.25, -0.2) is 4.39 Å². The summed E-state index contributed by atoms with van der Waals surface area (Å²) < 4.78 is 13.5. The van der Waals surface area contributed by atoms with Crippen molar-refractivity contribution in [3.05, 3.63) is 28.9 Å². The SMILES string of the molecule is OCc1sc2ccc(F)cc2c1O. The Morgan fingerprint density at radius 3 is 2.85 bits per heavy atom. The smallest absolute Gasteiger partial charge is 0.139 e. The molecule has 0 fully saturated rings. The third-order valence-corrected chi connectivity index (χ3v) is 2.98. The molecule has 13 heavy (non-hydrogen) atoms. The van der Waals surface area contributed by atoms with E-state index < -0.39 is 0 Å². The van der Waals surface area contributed by atoms with Gasteiger partial charge in [0, 0.05) is 10.1 Å². The second-order valence-corrected chi connectivity index (χ2v) is 3.81. The molecule has 0 spiro atoms. The molecule has 2 rings (SSSR count). The number of fused-ring (bicyclic) bond motifs is 1. The van der Waals surface area contributed by atoms with E-state index in [4.69, 9.17) is 5.11 Å². The average molecular weight is 198 g/mol. The maximum Gasteiger partial charge on any atom is 0.139 e. The van der Waals surface area contributed by atoms with Gasteiger partial charge in [-0.2, -0.15) is 0 Å². The van der Waals surface area contributed by atoms with Crippen LogP contribution in [-0.2, 0) is 6.61 Å². The molecule has 1 aromatic carbocycles. The predicted molar refractivity (Wildman–Crippen MR) is 49.4 cm³/mol. The number of benzene rings is 1. The third-order valence-electron chi connectivity index (χ3n) is 1.84. The summed E-state index contributed by atoms with van der Waals surface area (Å²) >= 11 is 1.27. The van der Waals surface area contributed by atoms with Crippen molar-refractivity contribution in [3.8, 4) is 5.75 Å². The minimum atomic E-state index is -0.384. The summed E-state index contributed by atoms with van der Waals surface area (Å²) in [6.45, 7) is -0.215. The maximum atomic E-state index is 12.8. The lowest BCUT2D eigenvalue weighted by molar-refractivity contribution is 0.280. The fourth-order valence-electron chi connectivity index (χ4n) is 1.21. The Hall–Kier alpha value is -1.13. The number of halogens is 1. The molecule has 0 radical (unpaired) electrons. The Morgan fingerprint density at radius 2 is 2.15 bits per heavy atom. The van der Waals surface area contributed by atoms with Gasteiger partial charge in [0.15, 0.2) is 0 Å². The molecular weight excluding hydrogens is 191 g/mol. The number of hydrogen-bond acceptors (Lipinski definition) is 3. The van der Waals surface area contributed by atoms with Crippen LogP contribution in [0.15, 0.2) is 18.2 Å². The summed E-state index contributed by atoms with van der Waals surface area (Å²) in [6.07, 6.45) is 0. The quantitative estimate of drug-likeness (QED) is 0.737. The van der Waals surface area contributed by atoms with Gasteiger partial charge in [-0.15, -0.1) is 11.3 Å². The first-order chi connectivity index (χ1) is 6.22. The Bertz CT molecular complexity index is 450. The zero-order valence-electron chi connectivity index (χ0n) is 6.62. The van der Waals surface area contributed by atoms with Crippen molar-refractivity contribution in [1.29, 1.82) is 0 Å². The van der Waals surface area contributed by atoms with Gasteiger partial charge < -0.3 is 10.2 Å². The van der Waals surface area contributed by atoms with Crippen LogP contribution in [0.3, 0.4) is 0 Å². The van der Waals surface area contributed by atoms with E-state index in [1.807, 2.05) is 0 Å². The lowest BCUT2D eigenvalue weighted by Crippen LogP contribution is -1.74. The van der Waals surface area contributed by atoms with Crippen LogP contribution in [0.1, 0.15) is 4.88 Å². The molecule has 0 saturated heterocycles. The first kappa shape index (κ1) is 8.47. The molecule has 4 heteroatoms. The van der Waals surface area contributed by atoms with Crippen LogP contribution in [0.5, 0.6) is 5.75 Å². The van der Waals surface area contributed by atoms with Gasteiger partial charge in [0.1, 0.15) is 11.6 Å². The van der Waals surface area contributed by atoms with Gasteiger partial charge >= 0.3 is 0 Å². The molecule has 0 aliphatic rings. The summed E-state index contributed by atoms with van der Waals surface area (Å²) in [4.78, 5) is 0.473. The number of thiophene rings is 1. The molecule has 0 atom stereocenters. The summed E-state index contributed by atoms with van der Waals surface area (Å²) in [5.41, 5.74) is 0. The fourth-order valence-corrected chi connectivity index (χ4v) is 2.15. The number of aliphatic hydroxyl groups is 1. The first-order valence-electron chi connectivity index (χ1n) is 3.73. The van der Waals surface area contributed by atoms with Gasteiger partial charge in [0.05, 0.1) is 11.5 Å². The molecule has 0 aliphatic carbocycles. The van der Waals surface area contributed by atoms with Crippen LogP contribution in [0.25, 0.3) is 10.1 Å². The van der Waals surface area contributed by atoms with Gasteiger partial charge in [0.2, 0.25) is 0 Å². The topological polar surface area (TPSA) is 40.5 Å². The molecule has 1 aromatic heterocycles. The predicted octanol–water partition coefficient (Wildman–Crippen LogP) is 2.24. The molecule has 0 amide bonds. The van der Waals surface area contributed by atoms with Crippen molar-refractivity contribution in [2.24, 2.45) is 0 Å². The second-order valence-electron chi connectivity index (χ2n) is 2.67. The minimum Gasteiger partial charge on any atom is -0.506 e. The van der Waals surface area contributed by atoms with E-state index in [0.29, 0.717) is 10.3 Å². The second kappa shape index (κ2) is 2.97. The fraction of sp³-hybridized carbons (Fsp3) is 0.111. The molecule has 2 nitrogen and oxygen atoms in total. The Kier molecular flexibility index (Phi) is 1.94. The van der Waals surface area contributed by atoms with Crippen LogP contribution in [-0.4, -0.2) is 10.2 Å². The Balaban J connectivity index is 2.77. The summed E-state index contributed by atoms with van der Waals surface area (Å²) in [6, 6.07) is 4.19. The maximum absolute atomic E-state index is 12.8. The van der Waals surface area contributed by atoms with Crippen molar-refractivity contribution in [1.82, 2.24) is 0 Å². The number of hydrogen-bond donors (Lipinski definition) is 2. The molecule has 0 unspecified atom stereocenters. The molecule has 0 aliphatic heterocycles. The molecule has 2 aromatic rings. The van der Waals surface area contributed by atoms with Crippen molar-refractivity contribution < 1.29 is 14.6 Å². The summed E-state index contributed by atoms with van der Waals surface area (Å²) in [5.74, 6) is -0.396. The summed E-state index contributed by atoms with van der Waals surface area (Å²) in [7, 11) is 0. The van der Waals surface area contributed by atoms with Crippen LogP contribution in [0.2, 0.25) is 0 Å². The molecule has 0 bridgehead atoms. The summed E-state index contributed by atoms with van der Waals surface area (Å²) in [5, 5.41) is 18.8. The zero-order chi connectivity index (χ0) is 9.42. The van der Waals surface area contributed by atoms with E-state index in [9.17, 15) is 9.50 Å². The zero-order valence-corrected chi connectivity index (χ0v) is 7.44. The normalized spacial score (nSPS) is 10.9. The highest BCUT2D eigenvalue weighted by Gasteiger charge is 2.10. The van der Waals surface area contributed by atoms with E-state index in [1.165, 1.54) is 23.5 Å². The van der Waals surface area contributed by atoms with E-state index in [-0.39, 0.29) is 18.2 Å². The lowest BCUT2D eigenvalue weighted by Gasteiger charge is -1.91. The molecule has 0 saturated carbocycles. The van der Waals surface area contributed by atoms with Gasteiger partial charge in [0.25, 0.3) is 0 Å². The monoisotopic (exact) mass is 198 g/mol. The van der Waals surface area contributed by atoms with Crippen molar-refractivity contribution >= 4 is 21.4 Å². The van der Waals surface area contributed by atoms with Crippen LogP contribution >= 0.6 is 11.3 Å². The van der Waals surface area contributed by atoms with Crippen molar-refractivity contribution in [2.45, 2.75) is 6.61 Å². The number of aliphatic hydroxyl groups excluding tert-OH is 1. The van der Waals surface area contributed by atoms with Crippen LogP contribution in [0, 0.1) is 5.82 Å². The Labute approximate surface area is 77.9 Å².